The number of carbonyl (C=O) groups excluding carboxylic acids is 1. The second-order valence-corrected chi connectivity index (χ2v) is 2.16. The van der Waals surface area contributed by atoms with Crippen LogP contribution in [0.25, 0.3) is 0 Å². The van der Waals surface area contributed by atoms with Crippen molar-refractivity contribution in [3.05, 3.63) is 12.2 Å². The molecule has 70 valence electrons. The van der Waals surface area contributed by atoms with Crippen molar-refractivity contribution >= 4 is 5.97 Å². The van der Waals surface area contributed by atoms with Crippen LogP contribution >= 0.6 is 0 Å². The van der Waals surface area contributed by atoms with Gasteiger partial charge in [0.1, 0.15) is 6.79 Å². The molecule has 4 heteroatoms. The molecule has 0 bridgehead atoms. The van der Waals surface area contributed by atoms with E-state index in [9.17, 15) is 4.79 Å². The number of hydrogen-bond donors (Lipinski definition) is 0. The number of ether oxygens (including phenoxy) is 3. The maximum atomic E-state index is 10.6. The van der Waals surface area contributed by atoms with Crippen molar-refractivity contribution in [2.75, 3.05) is 21.0 Å². The highest BCUT2D eigenvalue weighted by atomic mass is 16.7. The minimum absolute atomic E-state index is 0.149. The van der Waals surface area contributed by atoms with E-state index >= 15 is 0 Å². The highest BCUT2D eigenvalue weighted by Crippen LogP contribution is 1.93. The van der Waals surface area contributed by atoms with Gasteiger partial charge >= 0.3 is 5.97 Å². The minimum Gasteiger partial charge on any atom is -0.466 e. The fourth-order valence-corrected chi connectivity index (χ4v) is 0.513. The Hall–Kier alpha value is -0.870. The number of esters is 1. The van der Waals surface area contributed by atoms with Crippen LogP contribution in [0.2, 0.25) is 0 Å². The maximum absolute atomic E-state index is 10.6. The molecule has 0 amide bonds. The van der Waals surface area contributed by atoms with Gasteiger partial charge in [0, 0.05) is 13.2 Å². The van der Waals surface area contributed by atoms with E-state index in [0.717, 1.165) is 0 Å². The van der Waals surface area contributed by atoms with Crippen molar-refractivity contribution in [1.29, 1.82) is 0 Å². The number of hydrogen-bond acceptors (Lipinski definition) is 4. The molecule has 0 spiro atoms. The van der Waals surface area contributed by atoms with Crippen LogP contribution in [-0.4, -0.2) is 33.1 Å². The molecule has 0 aromatic carbocycles. The molecule has 0 aromatic rings. The van der Waals surface area contributed by atoms with E-state index in [-0.39, 0.29) is 18.9 Å². The first-order valence-electron chi connectivity index (χ1n) is 3.57. The molecule has 4 nitrogen and oxygen atoms in total. The predicted octanol–water partition coefficient (Wildman–Crippen LogP) is 0.725. The minimum atomic E-state index is -0.386. The summed E-state index contributed by atoms with van der Waals surface area (Å²) in [6.45, 7) is 2.02. The van der Waals surface area contributed by atoms with Gasteiger partial charge in [-0.2, -0.15) is 0 Å². The lowest BCUT2D eigenvalue weighted by molar-refractivity contribution is -0.135. The van der Waals surface area contributed by atoms with E-state index in [0.29, 0.717) is 0 Å². The number of rotatable bonds is 5. The summed E-state index contributed by atoms with van der Waals surface area (Å²) in [5.41, 5.74) is 0. The second kappa shape index (κ2) is 6.82. The van der Waals surface area contributed by atoms with Gasteiger partial charge in [-0.3, -0.25) is 0 Å². The summed E-state index contributed by atoms with van der Waals surface area (Å²) in [6.07, 6.45) is 2.77. The molecule has 0 aliphatic carbocycles. The van der Waals surface area contributed by atoms with Crippen LogP contribution in [0.15, 0.2) is 12.2 Å². The lowest BCUT2D eigenvalue weighted by atomic mass is 10.3. The first kappa shape index (κ1) is 11.1. The molecule has 0 heterocycles. The van der Waals surface area contributed by atoms with Crippen LogP contribution in [0, 0.1) is 0 Å². The van der Waals surface area contributed by atoms with Crippen LogP contribution in [0.1, 0.15) is 6.92 Å². The first-order chi connectivity index (χ1) is 5.70. The summed E-state index contributed by atoms with van der Waals surface area (Å²) in [5, 5.41) is 0. The molecule has 0 fully saturated rings. The zero-order valence-electron chi connectivity index (χ0n) is 7.57. The van der Waals surface area contributed by atoms with Gasteiger partial charge in [0.25, 0.3) is 0 Å². The van der Waals surface area contributed by atoms with E-state index < -0.39 is 0 Å². The Labute approximate surface area is 72.1 Å². The van der Waals surface area contributed by atoms with E-state index in [2.05, 4.69) is 9.47 Å². The quantitative estimate of drug-likeness (QED) is 0.350. The Morgan fingerprint density at radius 2 is 2.17 bits per heavy atom. The van der Waals surface area contributed by atoms with Crippen LogP contribution in [0.4, 0.5) is 0 Å². The second-order valence-electron chi connectivity index (χ2n) is 2.16. The summed E-state index contributed by atoms with van der Waals surface area (Å²) >= 11 is 0. The van der Waals surface area contributed by atoms with Crippen LogP contribution in [-0.2, 0) is 19.0 Å². The van der Waals surface area contributed by atoms with Crippen LogP contribution < -0.4 is 0 Å². The third-order valence-corrected chi connectivity index (χ3v) is 1.15. The van der Waals surface area contributed by atoms with Gasteiger partial charge in [-0.1, -0.05) is 0 Å². The lowest BCUT2D eigenvalue weighted by Crippen LogP contribution is -2.08. The largest absolute Gasteiger partial charge is 0.466 e. The smallest absolute Gasteiger partial charge is 0.330 e. The van der Waals surface area contributed by atoms with Gasteiger partial charge in [-0.05, 0) is 13.0 Å². The SMILES string of the molecule is COCO[C@@H](C)/C=C/C(=O)OC. The van der Waals surface area contributed by atoms with Crippen molar-refractivity contribution in [3.63, 3.8) is 0 Å². The fraction of sp³-hybridized carbons (Fsp3) is 0.625. The van der Waals surface area contributed by atoms with Crippen molar-refractivity contribution < 1.29 is 19.0 Å². The number of carbonyl (C=O) groups is 1. The van der Waals surface area contributed by atoms with Crippen molar-refractivity contribution in [1.82, 2.24) is 0 Å². The Bertz CT molecular complexity index is 153. The zero-order valence-corrected chi connectivity index (χ0v) is 7.57. The monoisotopic (exact) mass is 174 g/mol. The fourth-order valence-electron chi connectivity index (χ4n) is 0.513. The molecule has 12 heavy (non-hydrogen) atoms. The molecule has 0 saturated carbocycles. The molecule has 0 N–H and O–H groups in total. The summed E-state index contributed by atoms with van der Waals surface area (Å²) in [4.78, 5) is 10.6. The zero-order chi connectivity index (χ0) is 9.40. The molecule has 0 radical (unpaired) electrons. The molecule has 0 saturated heterocycles. The average molecular weight is 174 g/mol. The van der Waals surface area contributed by atoms with E-state index in [1.54, 1.807) is 13.0 Å². The standard InChI is InChI=1S/C8H14O4/c1-7(12-6-10-2)4-5-8(9)11-3/h4-5,7H,6H2,1-3H3/b5-4+/t7-/m0/s1. The van der Waals surface area contributed by atoms with Gasteiger partial charge in [0.15, 0.2) is 0 Å². The van der Waals surface area contributed by atoms with Gasteiger partial charge in [0.05, 0.1) is 13.2 Å². The molecular formula is C8H14O4. The molecule has 0 aliphatic rings. The van der Waals surface area contributed by atoms with Crippen molar-refractivity contribution in [2.24, 2.45) is 0 Å². The van der Waals surface area contributed by atoms with Crippen molar-refractivity contribution in [2.45, 2.75) is 13.0 Å². The van der Waals surface area contributed by atoms with E-state index in [1.807, 2.05) is 0 Å². The predicted molar refractivity (Wildman–Crippen MR) is 43.6 cm³/mol. The van der Waals surface area contributed by atoms with Crippen LogP contribution in [0.3, 0.4) is 0 Å². The van der Waals surface area contributed by atoms with Gasteiger partial charge < -0.3 is 14.2 Å². The molecule has 0 rings (SSSR count). The van der Waals surface area contributed by atoms with Gasteiger partial charge in [-0.15, -0.1) is 0 Å². The molecule has 0 unspecified atom stereocenters. The van der Waals surface area contributed by atoms with E-state index in [4.69, 9.17) is 4.74 Å². The summed E-state index contributed by atoms with van der Waals surface area (Å²) in [7, 11) is 2.87. The molecule has 0 aliphatic heterocycles. The highest BCUT2D eigenvalue weighted by molar-refractivity contribution is 5.81. The maximum Gasteiger partial charge on any atom is 0.330 e. The summed E-state index contributed by atoms with van der Waals surface area (Å²) in [5.74, 6) is -0.386. The third-order valence-electron chi connectivity index (χ3n) is 1.15. The molecular weight excluding hydrogens is 160 g/mol. The van der Waals surface area contributed by atoms with Gasteiger partial charge in [-0.25, -0.2) is 4.79 Å². The Kier molecular flexibility index (Phi) is 6.32. The average Bonchev–Trinajstić information content (AvgIpc) is 2.10. The Morgan fingerprint density at radius 1 is 1.50 bits per heavy atom. The van der Waals surface area contributed by atoms with Crippen LogP contribution in [0.5, 0.6) is 0 Å². The molecule has 1 atom stereocenters. The topological polar surface area (TPSA) is 44.8 Å². The summed E-state index contributed by atoms with van der Waals surface area (Å²) in [6, 6.07) is 0. The lowest BCUT2D eigenvalue weighted by Gasteiger charge is -2.05. The van der Waals surface area contributed by atoms with Crippen molar-refractivity contribution in [3.8, 4) is 0 Å². The molecule has 0 aromatic heterocycles. The summed E-state index contributed by atoms with van der Waals surface area (Å²) < 4.78 is 14.1. The Balaban J connectivity index is 3.59. The Morgan fingerprint density at radius 3 is 2.67 bits per heavy atom. The van der Waals surface area contributed by atoms with E-state index in [1.165, 1.54) is 20.3 Å². The number of methoxy groups -OCH3 is 2. The highest BCUT2D eigenvalue weighted by Gasteiger charge is 1.97. The third kappa shape index (κ3) is 5.88. The van der Waals surface area contributed by atoms with Gasteiger partial charge in [0.2, 0.25) is 0 Å². The normalized spacial score (nSPS) is 13.2. The first-order valence-corrected chi connectivity index (χ1v) is 3.57.